The molecule has 0 fully saturated rings. The van der Waals surface area contributed by atoms with Crippen molar-refractivity contribution in [2.45, 2.75) is 12.1 Å². The van der Waals surface area contributed by atoms with E-state index >= 15 is 0 Å². The second-order valence-corrected chi connectivity index (χ2v) is 7.99. The van der Waals surface area contributed by atoms with Crippen LogP contribution in [-0.2, 0) is 4.79 Å². The standard InChI is InChI=1S/C22H19ClN4O3S/c1-14-5-6-15(23)12-18(14)24-20(28)13-31-22-26-25-21(19-4-3-11-30-19)27(22)16-7-9-17(29-2)10-8-16/h3-12H,13H2,1-2H3,(H,24,28). The summed E-state index contributed by atoms with van der Waals surface area (Å²) in [5.74, 6) is 1.84. The summed E-state index contributed by atoms with van der Waals surface area (Å²) in [5, 5.41) is 12.6. The van der Waals surface area contributed by atoms with Gasteiger partial charge in [0.1, 0.15) is 5.75 Å². The van der Waals surface area contributed by atoms with Gasteiger partial charge in [0, 0.05) is 10.7 Å². The van der Waals surface area contributed by atoms with Crippen molar-refractivity contribution in [1.29, 1.82) is 0 Å². The van der Waals surface area contributed by atoms with Crippen LogP contribution in [0.1, 0.15) is 5.56 Å². The van der Waals surface area contributed by atoms with Crippen LogP contribution in [0.5, 0.6) is 5.75 Å². The Bertz CT molecular complexity index is 1190. The van der Waals surface area contributed by atoms with Gasteiger partial charge < -0.3 is 14.5 Å². The van der Waals surface area contributed by atoms with Crippen molar-refractivity contribution in [3.63, 3.8) is 0 Å². The fraction of sp³-hybridized carbons (Fsp3) is 0.136. The molecule has 0 aliphatic carbocycles. The van der Waals surface area contributed by atoms with Gasteiger partial charge in [0.2, 0.25) is 11.7 Å². The number of hydrogen-bond acceptors (Lipinski definition) is 6. The molecule has 0 saturated carbocycles. The number of anilines is 1. The van der Waals surface area contributed by atoms with E-state index < -0.39 is 0 Å². The summed E-state index contributed by atoms with van der Waals surface area (Å²) in [4.78, 5) is 12.5. The van der Waals surface area contributed by atoms with E-state index in [1.807, 2.05) is 47.9 Å². The third-order valence-electron chi connectivity index (χ3n) is 4.51. The van der Waals surface area contributed by atoms with Crippen LogP contribution in [0.15, 0.2) is 70.4 Å². The molecule has 2 heterocycles. The molecule has 158 valence electrons. The van der Waals surface area contributed by atoms with Crippen LogP contribution in [0.4, 0.5) is 5.69 Å². The Balaban J connectivity index is 1.58. The summed E-state index contributed by atoms with van der Waals surface area (Å²) in [5.41, 5.74) is 2.45. The number of benzene rings is 2. The lowest BCUT2D eigenvalue weighted by Gasteiger charge is -2.11. The van der Waals surface area contributed by atoms with E-state index in [4.69, 9.17) is 20.8 Å². The summed E-state index contributed by atoms with van der Waals surface area (Å²) in [6.07, 6.45) is 1.58. The van der Waals surface area contributed by atoms with Crippen molar-refractivity contribution in [3.8, 4) is 23.0 Å². The molecular formula is C22H19ClN4O3S. The zero-order valence-corrected chi connectivity index (χ0v) is 18.4. The first kappa shape index (κ1) is 21.0. The molecule has 1 amide bonds. The number of methoxy groups -OCH3 is 1. The number of thioether (sulfide) groups is 1. The van der Waals surface area contributed by atoms with E-state index in [9.17, 15) is 4.79 Å². The Hall–Kier alpha value is -3.23. The van der Waals surface area contributed by atoms with Gasteiger partial charge in [-0.2, -0.15) is 0 Å². The quantitative estimate of drug-likeness (QED) is 0.385. The first-order valence-electron chi connectivity index (χ1n) is 9.37. The Morgan fingerprint density at radius 2 is 2.00 bits per heavy atom. The number of nitrogens with zero attached hydrogens (tertiary/aromatic N) is 3. The lowest BCUT2D eigenvalue weighted by Crippen LogP contribution is -2.15. The molecule has 0 saturated heterocycles. The highest BCUT2D eigenvalue weighted by Crippen LogP contribution is 2.29. The van der Waals surface area contributed by atoms with Crippen LogP contribution >= 0.6 is 23.4 Å². The normalized spacial score (nSPS) is 10.8. The highest BCUT2D eigenvalue weighted by atomic mass is 35.5. The van der Waals surface area contributed by atoms with E-state index in [1.54, 1.807) is 31.6 Å². The molecule has 4 rings (SSSR count). The summed E-state index contributed by atoms with van der Waals surface area (Å²) in [6, 6.07) is 16.5. The second kappa shape index (κ2) is 9.28. The largest absolute Gasteiger partial charge is 0.497 e. The molecule has 0 aliphatic rings. The van der Waals surface area contributed by atoms with Crippen molar-refractivity contribution >= 4 is 35.0 Å². The summed E-state index contributed by atoms with van der Waals surface area (Å²) < 4.78 is 12.6. The van der Waals surface area contributed by atoms with Crippen molar-refractivity contribution in [2.75, 3.05) is 18.2 Å². The lowest BCUT2D eigenvalue weighted by molar-refractivity contribution is -0.113. The maximum absolute atomic E-state index is 12.5. The fourth-order valence-corrected chi connectivity index (χ4v) is 3.86. The van der Waals surface area contributed by atoms with Gasteiger partial charge in [-0.15, -0.1) is 10.2 Å². The van der Waals surface area contributed by atoms with Gasteiger partial charge in [-0.25, -0.2) is 0 Å². The van der Waals surface area contributed by atoms with Gasteiger partial charge in [0.05, 0.1) is 24.8 Å². The van der Waals surface area contributed by atoms with E-state index in [0.717, 1.165) is 17.0 Å². The minimum absolute atomic E-state index is 0.151. The van der Waals surface area contributed by atoms with Gasteiger partial charge in [-0.1, -0.05) is 29.4 Å². The zero-order valence-electron chi connectivity index (χ0n) is 16.8. The van der Waals surface area contributed by atoms with Crippen molar-refractivity contribution in [2.24, 2.45) is 0 Å². The maximum atomic E-state index is 12.5. The lowest BCUT2D eigenvalue weighted by atomic mass is 10.2. The first-order valence-corrected chi connectivity index (χ1v) is 10.7. The number of furan rings is 1. The molecule has 0 bridgehead atoms. The van der Waals surface area contributed by atoms with Gasteiger partial charge in [-0.05, 0) is 61.0 Å². The number of hydrogen-bond donors (Lipinski definition) is 1. The molecule has 1 N–H and O–H groups in total. The molecule has 0 radical (unpaired) electrons. The number of aryl methyl sites for hydroxylation is 1. The molecule has 7 nitrogen and oxygen atoms in total. The number of aromatic nitrogens is 3. The SMILES string of the molecule is COc1ccc(-n2c(SCC(=O)Nc3cc(Cl)ccc3C)nnc2-c2ccco2)cc1. The molecule has 2 aromatic carbocycles. The highest BCUT2D eigenvalue weighted by Gasteiger charge is 2.19. The van der Waals surface area contributed by atoms with Crippen LogP contribution in [0, 0.1) is 6.92 Å². The van der Waals surface area contributed by atoms with Gasteiger partial charge >= 0.3 is 0 Å². The topological polar surface area (TPSA) is 82.2 Å². The first-order chi connectivity index (χ1) is 15.0. The number of amides is 1. The van der Waals surface area contributed by atoms with E-state index in [0.29, 0.717) is 27.5 Å². The molecule has 0 aliphatic heterocycles. The summed E-state index contributed by atoms with van der Waals surface area (Å²) in [6.45, 7) is 1.91. The Labute approximate surface area is 188 Å². The summed E-state index contributed by atoms with van der Waals surface area (Å²) >= 11 is 7.32. The number of halogens is 1. The Kier molecular flexibility index (Phi) is 6.29. The average Bonchev–Trinajstić information content (AvgIpc) is 3.44. The number of ether oxygens (including phenoxy) is 1. The molecule has 2 aromatic heterocycles. The minimum atomic E-state index is -0.167. The van der Waals surface area contributed by atoms with E-state index in [-0.39, 0.29) is 11.7 Å². The van der Waals surface area contributed by atoms with Crippen LogP contribution < -0.4 is 10.1 Å². The molecule has 9 heteroatoms. The highest BCUT2D eigenvalue weighted by molar-refractivity contribution is 7.99. The predicted molar refractivity (Wildman–Crippen MR) is 121 cm³/mol. The second-order valence-electron chi connectivity index (χ2n) is 6.61. The minimum Gasteiger partial charge on any atom is -0.497 e. The van der Waals surface area contributed by atoms with Crippen LogP contribution in [0.2, 0.25) is 5.02 Å². The average molecular weight is 455 g/mol. The van der Waals surface area contributed by atoms with Crippen LogP contribution in [-0.4, -0.2) is 33.5 Å². The fourth-order valence-electron chi connectivity index (χ4n) is 2.94. The zero-order chi connectivity index (χ0) is 21.8. The predicted octanol–water partition coefficient (Wildman–Crippen LogP) is 5.23. The maximum Gasteiger partial charge on any atom is 0.234 e. The number of carbonyl (C=O) groups excluding carboxylic acids is 1. The van der Waals surface area contributed by atoms with Gasteiger partial charge in [0.25, 0.3) is 0 Å². The van der Waals surface area contributed by atoms with Crippen LogP contribution in [0.3, 0.4) is 0 Å². The molecule has 0 spiro atoms. The van der Waals surface area contributed by atoms with E-state index in [2.05, 4.69) is 15.5 Å². The van der Waals surface area contributed by atoms with E-state index in [1.165, 1.54) is 11.8 Å². The molecule has 0 atom stereocenters. The van der Waals surface area contributed by atoms with Crippen LogP contribution in [0.25, 0.3) is 17.3 Å². The van der Waals surface area contributed by atoms with Crippen molar-refractivity contribution in [3.05, 3.63) is 71.4 Å². The third-order valence-corrected chi connectivity index (χ3v) is 5.68. The molecular weight excluding hydrogens is 436 g/mol. The van der Waals surface area contributed by atoms with Gasteiger partial charge in [0.15, 0.2) is 10.9 Å². The number of rotatable bonds is 7. The monoisotopic (exact) mass is 454 g/mol. The number of carbonyl (C=O) groups is 1. The van der Waals surface area contributed by atoms with Gasteiger partial charge in [-0.3, -0.25) is 9.36 Å². The Morgan fingerprint density at radius 3 is 2.71 bits per heavy atom. The Morgan fingerprint density at radius 1 is 1.19 bits per heavy atom. The third kappa shape index (κ3) is 4.76. The smallest absolute Gasteiger partial charge is 0.234 e. The number of nitrogens with one attached hydrogen (secondary N) is 1. The molecule has 0 unspecified atom stereocenters. The summed E-state index contributed by atoms with van der Waals surface area (Å²) in [7, 11) is 1.61. The van der Waals surface area contributed by atoms with Crippen molar-refractivity contribution in [1.82, 2.24) is 14.8 Å². The molecule has 4 aromatic rings. The van der Waals surface area contributed by atoms with Crippen molar-refractivity contribution < 1.29 is 13.9 Å². The molecule has 31 heavy (non-hydrogen) atoms.